The van der Waals surface area contributed by atoms with Gasteiger partial charge in [-0.1, -0.05) is 0 Å². The summed E-state index contributed by atoms with van der Waals surface area (Å²) in [7, 11) is 3.05. The first kappa shape index (κ1) is 28.0. The summed E-state index contributed by atoms with van der Waals surface area (Å²) in [5.74, 6) is -0.995. The smallest absolute Gasteiger partial charge is 0.303 e. The number of pyridine rings is 1. The number of thiophene rings is 2. The van der Waals surface area contributed by atoms with Crippen LogP contribution in [0.4, 0.5) is 0 Å². The Bertz CT molecular complexity index is 1450. The quantitative estimate of drug-likeness (QED) is 0.192. The molecule has 2 N–H and O–H groups in total. The van der Waals surface area contributed by atoms with Crippen molar-refractivity contribution in [3.8, 4) is 17.2 Å². The second-order valence-corrected chi connectivity index (χ2v) is 10.7. The van der Waals surface area contributed by atoms with Gasteiger partial charge in [0.2, 0.25) is 0 Å². The Balaban J connectivity index is 1.49. The highest BCUT2D eigenvalue weighted by molar-refractivity contribution is 7.21. The Labute approximate surface area is 230 Å². The van der Waals surface area contributed by atoms with Gasteiger partial charge in [-0.3, -0.25) is 19.2 Å². The second kappa shape index (κ2) is 12.2. The van der Waals surface area contributed by atoms with Crippen LogP contribution >= 0.6 is 22.7 Å². The Kier molecular flexibility index (Phi) is 8.77. The van der Waals surface area contributed by atoms with E-state index in [1.54, 1.807) is 30.3 Å². The third-order valence-corrected chi connectivity index (χ3v) is 8.09. The van der Waals surface area contributed by atoms with Gasteiger partial charge in [0, 0.05) is 36.1 Å². The molecule has 0 saturated carbocycles. The fourth-order valence-electron chi connectivity index (χ4n) is 3.88. The van der Waals surface area contributed by atoms with Gasteiger partial charge in [-0.05, 0) is 23.6 Å². The first-order chi connectivity index (χ1) is 18.7. The van der Waals surface area contributed by atoms with Gasteiger partial charge in [0.25, 0.3) is 0 Å². The van der Waals surface area contributed by atoms with E-state index in [1.165, 1.54) is 36.9 Å². The van der Waals surface area contributed by atoms with Crippen molar-refractivity contribution >= 4 is 66.5 Å². The number of rotatable bonds is 14. The van der Waals surface area contributed by atoms with E-state index in [0.29, 0.717) is 44.6 Å². The van der Waals surface area contributed by atoms with Crippen molar-refractivity contribution in [1.29, 1.82) is 0 Å². The summed E-state index contributed by atoms with van der Waals surface area (Å²) in [6.07, 6.45) is -0.198. The van der Waals surface area contributed by atoms with Crippen molar-refractivity contribution in [1.82, 2.24) is 4.98 Å². The first-order valence-electron chi connectivity index (χ1n) is 11.9. The number of methoxy groups -OCH3 is 2. The Hall–Kier alpha value is -4.03. The molecule has 0 atom stereocenters. The van der Waals surface area contributed by atoms with E-state index in [0.717, 1.165) is 14.8 Å². The first-order valence-corrected chi connectivity index (χ1v) is 13.5. The Morgan fingerprint density at radius 1 is 0.744 bits per heavy atom. The van der Waals surface area contributed by atoms with Crippen LogP contribution in [0.3, 0.4) is 0 Å². The van der Waals surface area contributed by atoms with Gasteiger partial charge >= 0.3 is 11.9 Å². The van der Waals surface area contributed by atoms with E-state index in [1.807, 2.05) is 0 Å². The fourth-order valence-corrected chi connectivity index (χ4v) is 5.92. The zero-order valence-electron chi connectivity index (χ0n) is 21.1. The maximum atomic E-state index is 12.4. The molecule has 0 aliphatic heterocycles. The molecule has 0 unspecified atom stereocenters. The molecule has 0 radical (unpaired) electrons. The highest BCUT2D eigenvalue weighted by atomic mass is 32.1. The van der Waals surface area contributed by atoms with Crippen LogP contribution < -0.4 is 14.2 Å². The molecule has 3 heterocycles. The standard InChI is InChI=1S/C27H25NO9S2/c1-35-19-12-23-16(11-25(39-23)18(30)4-6-27(33)34)28-15(19)7-8-37-21-9-14-10-24(17(29)3-5-26(31)32)38-22(14)13-20(21)36-2/h9-13H,3-8H2,1-2H3,(H,31,32)(H,33,34). The second-order valence-electron chi connectivity index (χ2n) is 8.52. The molecular weight excluding hydrogens is 546 g/mol. The molecule has 0 aliphatic carbocycles. The maximum absolute atomic E-state index is 12.4. The van der Waals surface area contributed by atoms with Crippen LogP contribution in [0.2, 0.25) is 0 Å². The van der Waals surface area contributed by atoms with Gasteiger partial charge in [0.1, 0.15) is 5.75 Å². The van der Waals surface area contributed by atoms with Crippen LogP contribution in [0.25, 0.3) is 20.3 Å². The van der Waals surface area contributed by atoms with Crippen molar-refractivity contribution in [3.05, 3.63) is 45.8 Å². The van der Waals surface area contributed by atoms with Crippen LogP contribution in [-0.4, -0.2) is 59.5 Å². The number of carboxylic acids is 2. The number of hydrogen-bond donors (Lipinski definition) is 2. The van der Waals surface area contributed by atoms with E-state index in [4.69, 9.17) is 24.4 Å². The zero-order chi connectivity index (χ0) is 28.1. The van der Waals surface area contributed by atoms with Crippen LogP contribution in [0, 0.1) is 0 Å². The Morgan fingerprint density at radius 3 is 1.95 bits per heavy atom. The predicted molar refractivity (Wildman–Crippen MR) is 146 cm³/mol. The normalized spacial score (nSPS) is 11.0. The van der Waals surface area contributed by atoms with Gasteiger partial charge < -0.3 is 24.4 Å². The van der Waals surface area contributed by atoms with Gasteiger partial charge in [-0.15, -0.1) is 22.7 Å². The molecule has 1 aromatic carbocycles. The number of ketones is 2. The van der Waals surface area contributed by atoms with E-state index < -0.39 is 11.9 Å². The largest absolute Gasteiger partial charge is 0.495 e. The van der Waals surface area contributed by atoms with Crippen LogP contribution in [0.1, 0.15) is 50.7 Å². The molecule has 0 spiro atoms. The van der Waals surface area contributed by atoms with Crippen LogP contribution in [0.5, 0.6) is 17.2 Å². The highest BCUT2D eigenvalue weighted by Crippen LogP contribution is 2.37. The molecule has 0 bridgehead atoms. The van der Waals surface area contributed by atoms with Crippen molar-refractivity contribution < 1.29 is 43.6 Å². The number of carboxylic acid groups (broad SMARTS) is 2. The number of ether oxygens (including phenoxy) is 3. The predicted octanol–water partition coefficient (Wildman–Crippen LogP) is 5.24. The molecule has 0 amide bonds. The molecule has 4 rings (SSSR count). The van der Waals surface area contributed by atoms with Crippen LogP contribution in [0.15, 0.2) is 30.3 Å². The minimum Gasteiger partial charge on any atom is -0.495 e. The van der Waals surface area contributed by atoms with E-state index >= 15 is 0 Å². The number of carbonyl (C=O) groups excluding carboxylic acids is 2. The third-order valence-electron chi connectivity index (χ3n) is 5.84. The lowest BCUT2D eigenvalue weighted by Gasteiger charge is -2.12. The summed E-state index contributed by atoms with van der Waals surface area (Å²) in [6, 6.07) is 8.75. The van der Waals surface area contributed by atoms with Crippen molar-refractivity contribution in [3.63, 3.8) is 0 Å². The number of benzene rings is 1. The maximum Gasteiger partial charge on any atom is 0.303 e. The number of carbonyl (C=O) groups is 4. The molecule has 3 aromatic heterocycles. The van der Waals surface area contributed by atoms with Crippen molar-refractivity contribution in [2.24, 2.45) is 0 Å². The number of Topliss-reactive ketones (excluding diaryl/α,β-unsaturated/α-hetero) is 2. The van der Waals surface area contributed by atoms with Gasteiger partial charge in [0.15, 0.2) is 23.1 Å². The lowest BCUT2D eigenvalue weighted by molar-refractivity contribution is -0.137. The molecule has 204 valence electrons. The highest BCUT2D eigenvalue weighted by Gasteiger charge is 2.17. The molecule has 12 heteroatoms. The van der Waals surface area contributed by atoms with E-state index in [-0.39, 0.29) is 43.9 Å². The molecule has 0 saturated heterocycles. The average molecular weight is 572 g/mol. The summed E-state index contributed by atoms with van der Waals surface area (Å²) in [4.78, 5) is 51.9. The van der Waals surface area contributed by atoms with E-state index in [2.05, 4.69) is 4.98 Å². The lowest BCUT2D eigenvalue weighted by Crippen LogP contribution is -2.05. The SMILES string of the molecule is COc1cc2sc(C(=O)CCC(=O)O)cc2cc1OCCc1nc2cc(C(=O)CCC(=O)O)sc2cc1OC. The molecule has 39 heavy (non-hydrogen) atoms. The fraction of sp³-hybridized carbons (Fsp3) is 0.296. The Morgan fingerprint density at radius 2 is 1.33 bits per heavy atom. The van der Waals surface area contributed by atoms with Gasteiger partial charge in [0.05, 0.1) is 59.3 Å². The molecule has 10 nitrogen and oxygen atoms in total. The summed E-state index contributed by atoms with van der Waals surface area (Å²) < 4.78 is 18.6. The summed E-state index contributed by atoms with van der Waals surface area (Å²) in [5, 5.41) is 18.5. The van der Waals surface area contributed by atoms with E-state index in [9.17, 15) is 19.2 Å². The number of nitrogens with zero attached hydrogens (tertiary/aromatic N) is 1. The summed E-state index contributed by atoms with van der Waals surface area (Å²) >= 11 is 2.52. The van der Waals surface area contributed by atoms with Gasteiger partial charge in [-0.25, -0.2) is 4.98 Å². The molecule has 4 aromatic rings. The lowest BCUT2D eigenvalue weighted by atomic mass is 10.1. The number of hydrogen-bond acceptors (Lipinski definition) is 10. The number of fused-ring (bicyclic) bond motifs is 2. The topological polar surface area (TPSA) is 149 Å². The third kappa shape index (κ3) is 6.70. The zero-order valence-corrected chi connectivity index (χ0v) is 22.8. The molecule has 0 fully saturated rings. The van der Waals surface area contributed by atoms with Crippen LogP contribution in [-0.2, 0) is 16.0 Å². The average Bonchev–Trinajstić information content (AvgIpc) is 3.52. The minimum atomic E-state index is -1.02. The molecule has 0 aliphatic rings. The van der Waals surface area contributed by atoms with Crippen molar-refractivity contribution in [2.75, 3.05) is 20.8 Å². The number of aromatic nitrogens is 1. The van der Waals surface area contributed by atoms with Gasteiger partial charge in [-0.2, -0.15) is 0 Å². The van der Waals surface area contributed by atoms with Crippen molar-refractivity contribution in [2.45, 2.75) is 32.1 Å². The minimum absolute atomic E-state index is 0.0655. The summed E-state index contributed by atoms with van der Waals surface area (Å²) in [6.45, 7) is 0.236. The number of aliphatic carboxylic acids is 2. The molecular formula is C27H25NO9S2. The monoisotopic (exact) mass is 571 g/mol. The summed E-state index contributed by atoms with van der Waals surface area (Å²) in [5.41, 5.74) is 1.25.